The quantitative estimate of drug-likeness (QED) is 0.306. The van der Waals surface area contributed by atoms with Gasteiger partial charge in [-0.1, -0.05) is 37.0 Å². The molecule has 0 bridgehead atoms. The minimum Gasteiger partial charge on any atom is -0.0991 e. The first kappa shape index (κ1) is 10.2. The summed E-state index contributed by atoms with van der Waals surface area (Å²) >= 11 is 0. The van der Waals surface area contributed by atoms with E-state index in [4.69, 9.17) is 0 Å². The molecule has 0 aliphatic carbocycles. The van der Waals surface area contributed by atoms with Gasteiger partial charge in [-0.05, 0) is 32.6 Å². The Balaban J connectivity index is 3.02. The van der Waals surface area contributed by atoms with E-state index < -0.39 is 0 Å². The molecule has 0 heterocycles. The monoisotopic (exact) mass is 150 g/mol. The lowest BCUT2D eigenvalue weighted by atomic mass is 10.2. The van der Waals surface area contributed by atoms with Crippen LogP contribution in [0.4, 0.5) is 0 Å². The van der Waals surface area contributed by atoms with Crippen LogP contribution in [0.2, 0.25) is 0 Å². The molecule has 0 saturated carbocycles. The van der Waals surface area contributed by atoms with Crippen molar-refractivity contribution in [2.75, 3.05) is 0 Å². The number of allylic oxidation sites excluding steroid dienone is 5. The van der Waals surface area contributed by atoms with Crippen LogP contribution in [0.15, 0.2) is 37.0 Å². The molecular formula is C11H18. The molecule has 0 aromatic rings. The molecular weight excluding hydrogens is 132 g/mol. The molecule has 0 unspecified atom stereocenters. The molecule has 0 radical (unpaired) electrons. The van der Waals surface area contributed by atoms with Gasteiger partial charge in [-0.15, -0.1) is 0 Å². The van der Waals surface area contributed by atoms with E-state index in [0.29, 0.717) is 0 Å². The minimum atomic E-state index is 1.18. The van der Waals surface area contributed by atoms with Gasteiger partial charge >= 0.3 is 0 Å². The SMILES string of the molecule is C=C/C=C/CCCC/C=C/C. The molecule has 0 amide bonds. The second kappa shape index (κ2) is 9.22. The van der Waals surface area contributed by atoms with Crippen molar-refractivity contribution in [1.29, 1.82) is 0 Å². The van der Waals surface area contributed by atoms with Crippen LogP contribution in [0, 0.1) is 0 Å². The Morgan fingerprint density at radius 3 is 2.27 bits per heavy atom. The van der Waals surface area contributed by atoms with E-state index in [0.717, 1.165) is 0 Å². The molecule has 0 nitrogen and oxygen atoms in total. The molecule has 0 aromatic carbocycles. The smallest absolute Gasteiger partial charge is 0.0348 e. The van der Waals surface area contributed by atoms with Gasteiger partial charge in [0.2, 0.25) is 0 Å². The van der Waals surface area contributed by atoms with E-state index in [-0.39, 0.29) is 0 Å². The highest BCUT2D eigenvalue weighted by atomic mass is 13.9. The number of hydrogen-bond acceptors (Lipinski definition) is 0. The van der Waals surface area contributed by atoms with Gasteiger partial charge in [0.1, 0.15) is 0 Å². The summed E-state index contributed by atoms with van der Waals surface area (Å²) < 4.78 is 0. The van der Waals surface area contributed by atoms with Gasteiger partial charge in [-0.2, -0.15) is 0 Å². The van der Waals surface area contributed by atoms with E-state index >= 15 is 0 Å². The summed E-state index contributed by atoms with van der Waals surface area (Å²) in [4.78, 5) is 0. The fraction of sp³-hybridized carbons (Fsp3) is 0.455. The maximum absolute atomic E-state index is 3.61. The highest BCUT2D eigenvalue weighted by molar-refractivity contribution is 4.96. The van der Waals surface area contributed by atoms with Gasteiger partial charge in [0.25, 0.3) is 0 Å². The second-order valence-corrected chi connectivity index (χ2v) is 2.52. The van der Waals surface area contributed by atoms with Gasteiger partial charge in [-0.3, -0.25) is 0 Å². The van der Waals surface area contributed by atoms with Crippen LogP contribution in [0.3, 0.4) is 0 Å². The highest BCUT2D eigenvalue weighted by Crippen LogP contribution is 2.01. The zero-order valence-corrected chi connectivity index (χ0v) is 7.42. The summed E-state index contributed by atoms with van der Waals surface area (Å²) in [7, 11) is 0. The predicted octanol–water partition coefficient (Wildman–Crippen LogP) is 3.87. The van der Waals surface area contributed by atoms with Crippen molar-refractivity contribution in [2.45, 2.75) is 32.6 Å². The summed E-state index contributed by atoms with van der Waals surface area (Å²) in [6.45, 7) is 5.68. The first-order chi connectivity index (χ1) is 5.41. The Hall–Kier alpha value is -0.780. The fourth-order valence-electron chi connectivity index (χ4n) is 0.883. The van der Waals surface area contributed by atoms with Crippen LogP contribution in [0.5, 0.6) is 0 Å². The van der Waals surface area contributed by atoms with Crippen LogP contribution in [0.25, 0.3) is 0 Å². The summed E-state index contributed by atoms with van der Waals surface area (Å²) in [5.41, 5.74) is 0. The average molecular weight is 150 g/mol. The van der Waals surface area contributed by atoms with Gasteiger partial charge in [0.15, 0.2) is 0 Å². The van der Waals surface area contributed by atoms with Gasteiger partial charge in [0, 0.05) is 0 Å². The Kier molecular flexibility index (Phi) is 8.57. The Morgan fingerprint density at radius 1 is 1.09 bits per heavy atom. The van der Waals surface area contributed by atoms with E-state index in [1.165, 1.54) is 25.7 Å². The molecule has 11 heavy (non-hydrogen) atoms. The zero-order valence-electron chi connectivity index (χ0n) is 7.42. The fourth-order valence-corrected chi connectivity index (χ4v) is 0.883. The van der Waals surface area contributed by atoms with Crippen LogP contribution in [-0.2, 0) is 0 Å². The Morgan fingerprint density at radius 2 is 1.73 bits per heavy atom. The summed E-state index contributed by atoms with van der Waals surface area (Å²) in [6, 6.07) is 0. The van der Waals surface area contributed by atoms with Crippen molar-refractivity contribution >= 4 is 0 Å². The third-order valence-corrected chi connectivity index (χ3v) is 1.50. The molecule has 0 heteroatoms. The molecule has 0 saturated heterocycles. The molecule has 0 rings (SSSR count). The largest absolute Gasteiger partial charge is 0.0991 e. The lowest BCUT2D eigenvalue weighted by molar-refractivity contribution is 0.762. The standard InChI is InChI=1S/C11H18/c1-3-5-7-9-11-10-8-6-4-2/h3-7H,1,8-11H2,2H3/b6-4+,7-5+. The van der Waals surface area contributed by atoms with E-state index in [1.807, 2.05) is 12.2 Å². The predicted molar refractivity (Wildman–Crippen MR) is 52.6 cm³/mol. The normalized spacial score (nSPS) is 11.4. The summed E-state index contributed by atoms with van der Waals surface area (Å²) in [5.74, 6) is 0. The molecule has 0 atom stereocenters. The summed E-state index contributed by atoms with van der Waals surface area (Å²) in [5, 5.41) is 0. The Labute approximate surface area is 70.3 Å². The molecule has 0 spiro atoms. The van der Waals surface area contributed by atoms with Crippen LogP contribution >= 0.6 is 0 Å². The average Bonchev–Trinajstić information content (AvgIpc) is 2.03. The molecule has 0 N–H and O–H groups in total. The molecule has 0 aliphatic heterocycles. The number of hydrogen-bond donors (Lipinski definition) is 0. The van der Waals surface area contributed by atoms with Crippen molar-refractivity contribution in [3.05, 3.63) is 37.0 Å². The van der Waals surface area contributed by atoms with Crippen LogP contribution in [-0.4, -0.2) is 0 Å². The summed E-state index contributed by atoms with van der Waals surface area (Å²) in [6.07, 6.45) is 15.3. The van der Waals surface area contributed by atoms with Crippen LogP contribution in [0.1, 0.15) is 32.6 Å². The van der Waals surface area contributed by atoms with E-state index in [2.05, 4.69) is 31.7 Å². The van der Waals surface area contributed by atoms with Crippen molar-refractivity contribution in [2.24, 2.45) is 0 Å². The number of rotatable bonds is 6. The number of unbranched alkanes of at least 4 members (excludes halogenated alkanes) is 3. The minimum absolute atomic E-state index is 1.18. The van der Waals surface area contributed by atoms with Gasteiger partial charge in [0.05, 0.1) is 0 Å². The lowest BCUT2D eigenvalue weighted by Crippen LogP contribution is -1.71. The van der Waals surface area contributed by atoms with E-state index in [1.54, 1.807) is 0 Å². The van der Waals surface area contributed by atoms with Crippen molar-refractivity contribution in [1.82, 2.24) is 0 Å². The van der Waals surface area contributed by atoms with Gasteiger partial charge in [-0.25, -0.2) is 0 Å². The molecule has 0 aliphatic rings. The highest BCUT2D eigenvalue weighted by Gasteiger charge is 1.81. The van der Waals surface area contributed by atoms with Crippen molar-refractivity contribution in [3.8, 4) is 0 Å². The third-order valence-electron chi connectivity index (χ3n) is 1.50. The van der Waals surface area contributed by atoms with Crippen molar-refractivity contribution in [3.63, 3.8) is 0 Å². The second-order valence-electron chi connectivity index (χ2n) is 2.52. The van der Waals surface area contributed by atoms with Crippen molar-refractivity contribution < 1.29 is 0 Å². The molecule has 62 valence electrons. The zero-order chi connectivity index (χ0) is 8.36. The van der Waals surface area contributed by atoms with Crippen LogP contribution < -0.4 is 0 Å². The molecule has 0 fully saturated rings. The topological polar surface area (TPSA) is 0 Å². The lowest BCUT2D eigenvalue weighted by Gasteiger charge is -1.91. The third kappa shape index (κ3) is 9.22. The van der Waals surface area contributed by atoms with E-state index in [9.17, 15) is 0 Å². The van der Waals surface area contributed by atoms with Gasteiger partial charge < -0.3 is 0 Å². The first-order valence-corrected chi connectivity index (χ1v) is 4.30. The Bertz CT molecular complexity index is 129. The maximum atomic E-state index is 3.61. The maximum Gasteiger partial charge on any atom is -0.0348 e. The molecule has 0 aromatic heterocycles. The first-order valence-electron chi connectivity index (χ1n) is 4.30.